The smallest absolute Gasteiger partial charge is 0.171 e. The van der Waals surface area contributed by atoms with Crippen molar-refractivity contribution in [3.8, 4) is 0 Å². The van der Waals surface area contributed by atoms with Crippen LogP contribution in [0.3, 0.4) is 0 Å². The molecule has 88 valence electrons. The van der Waals surface area contributed by atoms with Gasteiger partial charge in [0.05, 0.1) is 6.20 Å². The molecule has 17 heavy (non-hydrogen) atoms. The molecule has 4 nitrogen and oxygen atoms in total. The molecule has 0 spiro atoms. The van der Waals surface area contributed by atoms with E-state index in [4.69, 9.17) is 0 Å². The normalized spacial score (nSPS) is 12.3. The maximum absolute atomic E-state index is 10.5. The Morgan fingerprint density at radius 3 is 2.76 bits per heavy atom. The molecular formula is C13H15N3O. The number of hydrogen-bond acceptors (Lipinski definition) is 3. The summed E-state index contributed by atoms with van der Waals surface area (Å²) in [6.45, 7) is 2.96. The van der Waals surface area contributed by atoms with Crippen LogP contribution >= 0.6 is 0 Å². The van der Waals surface area contributed by atoms with E-state index in [1.807, 2.05) is 18.2 Å². The summed E-state index contributed by atoms with van der Waals surface area (Å²) < 4.78 is 1.71. The minimum atomic E-state index is 0.386. The lowest BCUT2D eigenvalue weighted by atomic mass is 9.98. The molecule has 2 aromatic rings. The molecule has 2 rings (SSSR count). The van der Waals surface area contributed by atoms with Crippen LogP contribution < -0.4 is 0 Å². The minimum Gasteiger partial charge on any atom is -0.296 e. The second-order valence-electron chi connectivity index (χ2n) is 4.12. The van der Waals surface area contributed by atoms with Crippen LogP contribution in [0.15, 0.2) is 36.5 Å². The summed E-state index contributed by atoms with van der Waals surface area (Å²) in [5.74, 6) is 0.472. The number of hydrogen-bond donors (Lipinski definition) is 0. The zero-order valence-electron chi connectivity index (χ0n) is 9.78. The number of aryl methyl sites for hydroxylation is 1. The molecule has 1 heterocycles. The number of aromatic nitrogens is 3. The van der Waals surface area contributed by atoms with Gasteiger partial charge in [0, 0.05) is 6.54 Å². The monoisotopic (exact) mass is 229 g/mol. The Morgan fingerprint density at radius 1 is 1.35 bits per heavy atom. The van der Waals surface area contributed by atoms with E-state index < -0.39 is 0 Å². The van der Waals surface area contributed by atoms with Crippen molar-refractivity contribution in [2.24, 2.45) is 0 Å². The summed E-state index contributed by atoms with van der Waals surface area (Å²) in [5.41, 5.74) is 1.71. The molecule has 0 radical (unpaired) electrons. The average molecular weight is 229 g/mol. The van der Waals surface area contributed by atoms with Crippen LogP contribution in [0.4, 0.5) is 0 Å². The van der Waals surface area contributed by atoms with Gasteiger partial charge in [0.25, 0.3) is 0 Å². The van der Waals surface area contributed by atoms with Gasteiger partial charge in [-0.3, -0.25) is 9.48 Å². The molecule has 0 saturated carbocycles. The minimum absolute atomic E-state index is 0.386. The van der Waals surface area contributed by atoms with Gasteiger partial charge in [-0.05, 0) is 17.9 Å². The van der Waals surface area contributed by atoms with E-state index in [1.54, 1.807) is 10.9 Å². The molecule has 4 heteroatoms. The lowest BCUT2D eigenvalue weighted by Crippen LogP contribution is -2.03. The number of carbonyl (C=O) groups excluding carboxylic acids is 1. The Hall–Kier alpha value is -1.97. The molecule has 0 bridgehead atoms. The first kappa shape index (κ1) is 11.5. The summed E-state index contributed by atoms with van der Waals surface area (Å²) in [5, 5.41) is 7.62. The third-order valence-electron chi connectivity index (χ3n) is 2.84. The molecule has 0 amide bonds. The van der Waals surface area contributed by atoms with Crippen LogP contribution in [0.1, 0.15) is 35.3 Å². The van der Waals surface area contributed by atoms with Crippen molar-refractivity contribution in [3.05, 3.63) is 47.8 Å². The molecule has 0 aliphatic heterocycles. The quantitative estimate of drug-likeness (QED) is 0.739. The molecule has 0 saturated heterocycles. The summed E-state index contributed by atoms with van der Waals surface area (Å²) in [4.78, 5) is 10.5. The lowest BCUT2D eigenvalue weighted by Gasteiger charge is -2.11. The molecule has 1 aromatic carbocycles. The van der Waals surface area contributed by atoms with Gasteiger partial charge in [-0.1, -0.05) is 42.5 Å². The highest BCUT2D eigenvalue weighted by Gasteiger charge is 2.06. The molecule has 0 aliphatic rings. The zero-order valence-corrected chi connectivity index (χ0v) is 9.78. The number of rotatable bonds is 5. The number of nitrogens with zero attached hydrogens (tertiary/aromatic N) is 3. The molecule has 0 fully saturated rings. The molecule has 1 aromatic heterocycles. The van der Waals surface area contributed by atoms with E-state index in [0.29, 0.717) is 17.9 Å². The van der Waals surface area contributed by atoms with Gasteiger partial charge >= 0.3 is 0 Å². The Kier molecular flexibility index (Phi) is 3.65. The Bertz CT molecular complexity index is 478. The zero-order chi connectivity index (χ0) is 12.1. The summed E-state index contributed by atoms with van der Waals surface area (Å²) in [7, 11) is 0. The van der Waals surface area contributed by atoms with Crippen LogP contribution in [0.5, 0.6) is 0 Å². The first-order valence-corrected chi connectivity index (χ1v) is 5.70. The summed E-state index contributed by atoms with van der Waals surface area (Å²) >= 11 is 0. The Morgan fingerprint density at radius 2 is 2.12 bits per heavy atom. The average Bonchev–Trinajstić information content (AvgIpc) is 2.85. The van der Waals surface area contributed by atoms with Crippen molar-refractivity contribution in [1.82, 2.24) is 15.0 Å². The number of benzene rings is 1. The maximum atomic E-state index is 10.5. The van der Waals surface area contributed by atoms with Crippen molar-refractivity contribution in [2.75, 3.05) is 0 Å². The Labute approximate surface area is 100 Å². The van der Waals surface area contributed by atoms with E-state index in [9.17, 15) is 4.79 Å². The summed E-state index contributed by atoms with van der Waals surface area (Å²) in [6, 6.07) is 10.4. The molecule has 0 aliphatic carbocycles. The molecule has 1 unspecified atom stereocenters. The van der Waals surface area contributed by atoms with Crippen molar-refractivity contribution < 1.29 is 4.79 Å². The molecular weight excluding hydrogens is 214 g/mol. The van der Waals surface area contributed by atoms with Crippen molar-refractivity contribution in [3.63, 3.8) is 0 Å². The van der Waals surface area contributed by atoms with Crippen LogP contribution in [0.25, 0.3) is 0 Å². The van der Waals surface area contributed by atoms with E-state index >= 15 is 0 Å². The number of aldehydes is 1. The predicted molar refractivity (Wildman–Crippen MR) is 64.9 cm³/mol. The highest BCUT2D eigenvalue weighted by molar-refractivity contribution is 5.70. The van der Waals surface area contributed by atoms with Gasteiger partial charge in [-0.25, -0.2) is 0 Å². The molecule has 0 N–H and O–H groups in total. The van der Waals surface area contributed by atoms with Crippen molar-refractivity contribution >= 4 is 6.29 Å². The van der Waals surface area contributed by atoms with Crippen LogP contribution in [0.2, 0.25) is 0 Å². The van der Waals surface area contributed by atoms with E-state index in [-0.39, 0.29) is 0 Å². The van der Waals surface area contributed by atoms with Crippen LogP contribution in [-0.4, -0.2) is 21.3 Å². The van der Waals surface area contributed by atoms with E-state index in [2.05, 4.69) is 29.4 Å². The number of carbonyl (C=O) groups is 1. The first-order chi connectivity index (χ1) is 8.29. The topological polar surface area (TPSA) is 47.8 Å². The highest BCUT2D eigenvalue weighted by Crippen LogP contribution is 2.18. The van der Waals surface area contributed by atoms with E-state index in [1.165, 1.54) is 5.56 Å². The Balaban J connectivity index is 1.92. The largest absolute Gasteiger partial charge is 0.296 e. The summed E-state index contributed by atoms with van der Waals surface area (Å²) in [6.07, 6.45) is 3.36. The van der Waals surface area contributed by atoms with E-state index in [0.717, 1.165) is 13.0 Å². The maximum Gasteiger partial charge on any atom is 0.171 e. The first-order valence-electron chi connectivity index (χ1n) is 5.70. The SMILES string of the molecule is CC(CCn1cc(C=O)nn1)c1ccccc1. The third-order valence-corrected chi connectivity index (χ3v) is 2.84. The fourth-order valence-corrected chi connectivity index (χ4v) is 1.75. The lowest BCUT2D eigenvalue weighted by molar-refractivity contribution is 0.111. The van der Waals surface area contributed by atoms with Gasteiger partial charge in [0.15, 0.2) is 6.29 Å². The standard InChI is InChI=1S/C13H15N3O/c1-11(12-5-3-2-4-6-12)7-8-16-9-13(10-17)14-15-16/h2-6,9-11H,7-8H2,1H3. The molecule has 1 atom stereocenters. The van der Waals surface area contributed by atoms with Crippen molar-refractivity contribution in [2.45, 2.75) is 25.8 Å². The predicted octanol–water partition coefficient (Wildman–Crippen LogP) is 2.28. The fourth-order valence-electron chi connectivity index (χ4n) is 1.75. The van der Waals surface area contributed by atoms with Gasteiger partial charge < -0.3 is 0 Å². The van der Waals surface area contributed by atoms with Gasteiger partial charge in [-0.2, -0.15) is 0 Å². The van der Waals surface area contributed by atoms with Crippen molar-refractivity contribution in [1.29, 1.82) is 0 Å². The van der Waals surface area contributed by atoms with Gasteiger partial charge in [0.1, 0.15) is 5.69 Å². The highest BCUT2D eigenvalue weighted by atomic mass is 16.1. The van der Waals surface area contributed by atoms with Crippen LogP contribution in [-0.2, 0) is 6.54 Å². The fraction of sp³-hybridized carbons (Fsp3) is 0.308. The second kappa shape index (κ2) is 5.39. The third kappa shape index (κ3) is 3.00. The second-order valence-corrected chi connectivity index (χ2v) is 4.12. The van der Waals surface area contributed by atoms with Gasteiger partial charge in [0.2, 0.25) is 0 Å². The van der Waals surface area contributed by atoms with Crippen LogP contribution in [0, 0.1) is 0 Å². The van der Waals surface area contributed by atoms with Gasteiger partial charge in [-0.15, -0.1) is 5.10 Å².